The number of furan rings is 1. The third-order valence-electron chi connectivity index (χ3n) is 3.30. The lowest BCUT2D eigenvalue weighted by Gasteiger charge is -2.08. The van der Waals surface area contributed by atoms with Gasteiger partial charge in [-0.05, 0) is 48.5 Å². The number of rotatable bonds is 7. The van der Waals surface area contributed by atoms with E-state index in [1.54, 1.807) is 30.5 Å². The largest absolute Gasteiger partial charge is 0.497 e. The van der Waals surface area contributed by atoms with E-state index in [9.17, 15) is 8.42 Å². The van der Waals surface area contributed by atoms with Crippen molar-refractivity contribution in [2.24, 2.45) is 0 Å². The summed E-state index contributed by atoms with van der Waals surface area (Å²) in [5, 5.41) is 10.8. The van der Waals surface area contributed by atoms with Crippen molar-refractivity contribution in [1.82, 2.24) is 10.2 Å². The average Bonchev–Trinajstić information content (AvgIpc) is 3.14. The lowest BCUT2D eigenvalue weighted by molar-refractivity contribution is 0.414. The van der Waals surface area contributed by atoms with Crippen molar-refractivity contribution in [3.63, 3.8) is 0 Å². The highest BCUT2D eigenvalue weighted by Crippen LogP contribution is 2.18. The van der Waals surface area contributed by atoms with Gasteiger partial charge >= 0.3 is 0 Å². The summed E-state index contributed by atoms with van der Waals surface area (Å²) in [7, 11) is -2.23. The van der Waals surface area contributed by atoms with E-state index in [0.29, 0.717) is 18.1 Å². The van der Waals surface area contributed by atoms with Crippen molar-refractivity contribution in [2.75, 3.05) is 17.1 Å². The van der Waals surface area contributed by atoms with Crippen LogP contribution in [0.4, 0.5) is 11.6 Å². The van der Waals surface area contributed by atoms with Crippen molar-refractivity contribution in [3.05, 3.63) is 60.6 Å². The molecule has 3 rings (SSSR count). The van der Waals surface area contributed by atoms with Gasteiger partial charge in [0.25, 0.3) is 10.0 Å². The number of nitrogens with zero attached hydrogens (tertiary/aromatic N) is 2. The lowest BCUT2D eigenvalue weighted by Crippen LogP contribution is -2.14. The maximum Gasteiger partial charge on any atom is 0.263 e. The molecule has 0 aliphatic carbocycles. The first-order chi connectivity index (χ1) is 12.1. The Bertz CT molecular complexity index is 908. The molecule has 0 aliphatic rings. The summed E-state index contributed by atoms with van der Waals surface area (Å²) in [5.41, 5.74) is 0. The van der Waals surface area contributed by atoms with Crippen LogP contribution in [-0.4, -0.2) is 25.7 Å². The van der Waals surface area contributed by atoms with E-state index in [-0.39, 0.29) is 10.7 Å². The monoisotopic (exact) mass is 360 g/mol. The number of anilines is 2. The molecule has 0 spiro atoms. The summed E-state index contributed by atoms with van der Waals surface area (Å²) in [6.45, 7) is 0.457. The molecule has 0 bridgehead atoms. The molecular formula is C16H16N4O4S. The van der Waals surface area contributed by atoms with Crippen molar-refractivity contribution in [2.45, 2.75) is 11.4 Å². The smallest absolute Gasteiger partial charge is 0.263 e. The number of ether oxygens (including phenoxy) is 1. The van der Waals surface area contributed by atoms with Gasteiger partial charge in [-0.25, -0.2) is 8.42 Å². The van der Waals surface area contributed by atoms with Crippen LogP contribution in [-0.2, 0) is 16.6 Å². The Hall–Kier alpha value is -3.07. The van der Waals surface area contributed by atoms with Gasteiger partial charge in [-0.15, -0.1) is 10.2 Å². The number of methoxy groups -OCH3 is 1. The summed E-state index contributed by atoms with van der Waals surface area (Å²) in [6.07, 6.45) is 1.58. The molecule has 3 aromatic rings. The molecule has 2 N–H and O–H groups in total. The summed E-state index contributed by atoms with van der Waals surface area (Å²) in [6, 6.07) is 12.8. The van der Waals surface area contributed by atoms with Gasteiger partial charge in [0.2, 0.25) is 0 Å². The first-order valence-corrected chi connectivity index (χ1v) is 8.82. The Morgan fingerprint density at radius 1 is 1.04 bits per heavy atom. The van der Waals surface area contributed by atoms with Crippen LogP contribution < -0.4 is 14.8 Å². The SMILES string of the molecule is COc1ccc(S(=O)(=O)Nc2ccc(NCc3ccco3)nn2)cc1. The molecule has 1 aromatic carbocycles. The van der Waals surface area contributed by atoms with Crippen LogP contribution in [0.3, 0.4) is 0 Å². The molecule has 130 valence electrons. The maximum atomic E-state index is 12.3. The van der Waals surface area contributed by atoms with E-state index in [1.807, 2.05) is 6.07 Å². The van der Waals surface area contributed by atoms with Gasteiger partial charge in [-0.1, -0.05) is 0 Å². The molecule has 8 nitrogen and oxygen atoms in total. The van der Waals surface area contributed by atoms with Gasteiger partial charge in [-0.3, -0.25) is 4.72 Å². The highest BCUT2D eigenvalue weighted by atomic mass is 32.2. The van der Waals surface area contributed by atoms with E-state index in [1.165, 1.54) is 25.3 Å². The molecule has 9 heteroatoms. The highest BCUT2D eigenvalue weighted by molar-refractivity contribution is 7.92. The fourth-order valence-electron chi connectivity index (χ4n) is 2.02. The van der Waals surface area contributed by atoms with Crippen LogP contribution in [0.5, 0.6) is 5.75 Å². The molecule has 0 amide bonds. The molecule has 2 heterocycles. The van der Waals surface area contributed by atoms with E-state index in [0.717, 1.165) is 5.76 Å². The maximum absolute atomic E-state index is 12.3. The second-order valence-corrected chi connectivity index (χ2v) is 6.70. The molecule has 0 saturated heterocycles. The Morgan fingerprint density at radius 3 is 2.36 bits per heavy atom. The van der Waals surface area contributed by atoms with Gasteiger partial charge in [0.05, 0.1) is 24.8 Å². The fraction of sp³-hybridized carbons (Fsp3) is 0.125. The van der Waals surface area contributed by atoms with Crippen molar-refractivity contribution < 1.29 is 17.6 Å². The standard InChI is InChI=1S/C16H16N4O4S/c1-23-12-4-6-14(7-5-12)25(21,22)20-16-9-8-15(18-19-16)17-11-13-3-2-10-24-13/h2-10H,11H2,1H3,(H,17,18)(H,19,20). The van der Waals surface area contributed by atoms with Crippen molar-refractivity contribution >= 4 is 21.7 Å². The molecule has 2 aromatic heterocycles. The molecule has 0 aliphatic heterocycles. The summed E-state index contributed by atoms with van der Waals surface area (Å²) >= 11 is 0. The van der Waals surface area contributed by atoms with E-state index in [2.05, 4.69) is 20.2 Å². The molecule has 0 radical (unpaired) electrons. The zero-order valence-corrected chi connectivity index (χ0v) is 14.2. The van der Waals surface area contributed by atoms with Crippen LogP contribution in [0.15, 0.2) is 64.1 Å². The van der Waals surface area contributed by atoms with Gasteiger partial charge < -0.3 is 14.5 Å². The zero-order valence-electron chi connectivity index (χ0n) is 13.3. The second kappa shape index (κ2) is 7.22. The molecule has 0 atom stereocenters. The minimum Gasteiger partial charge on any atom is -0.497 e. The normalized spacial score (nSPS) is 11.1. The lowest BCUT2D eigenvalue weighted by atomic mass is 10.3. The Kier molecular flexibility index (Phi) is 4.85. The minimum absolute atomic E-state index is 0.107. The van der Waals surface area contributed by atoms with Crippen LogP contribution >= 0.6 is 0 Å². The summed E-state index contributed by atoms with van der Waals surface area (Å²) in [5.74, 6) is 1.96. The predicted molar refractivity (Wildman–Crippen MR) is 91.9 cm³/mol. The summed E-state index contributed by atoms with van der Waals surface area (Å²) < 4.78 is 37.2. The van der Waals surface area contributed by atoms with Crippen molar-refractivity contribution in [3.8, 4) is 5.75 Å². The molecule has 0 unspecified atom stereocenters. The third kappa shape index (κ3) is 4.27. The number of aromatic nitrogens is 2. The molecular weight excluding hydrogens is 344 g/mol. The highest BCUT2D eigenvalue weighted by Gasteiger charge is 2.15. The van der Waals surface area contributed by atoms with Gasteiger partial charge in [0.15, 0.2) is 5.82 Å². The zero-order chi connectivity index (χ0) is 17.7. The number of nitrogens with one attached hydrogen (secondary N) is 2. The van der Waals surface area contributed by atoms with Gasteiger partial charge in [0, 0.05) is 0 Å². The van der Waals surface area contributed by atoms with Crippen LogP contribution in [0.2, 0.25) is 0 Å². The third-order valence-corrected chi connectivity index (χ3v) is 4.67. The van der Waals surface area contributed by atoms with E-state index in [4.69, 9.17) is 9.15 Å². The van der Waals surface area contributed by atoms with E-state index >= 15 is 0 Å². The van der Waals surface area contributed by atoms with Crippen LogP contribution in [0.1, 0.15) is 5.76 Å². The van der Waals surface area contributed by atoms with Crippen LogP contribution in [0, 0.1) is 0 Å². The van der Waals surface area contributed by atoms with Crippen molar-refractivity contribution in [1.29, 1.82) is 0 Å². The number of hydrogen-bond acceptors (Lipinski definition) is 7. The van der Waals surface area contributed by atoms with Gasteiger partial charge in [-0.2, -0.15) is 0 Å². The Labute approximate surface area is 144 Å². The minimum atomic E-state index is -3.74. The Balaban J connectivity index is 1.65. The first-order valence-electron chi connectivity index (χ1n) is 7.34. The summed E-state index contributed by atoms with van der Waals surface area (Å²) in [4.78, 5) is 0.107. The number of benzene rings is 1. The number of sulfonamides is 1. The Morgan fingerprint density at radius 2 is 1.76 bits per heavy atom. The van der Waals surface area contributed by atoms with Gasteiger partial charge in [0.1, 0.15) is 17.3 Å². The quantitative estimate of drug-likeness (QED) is 0.666. The van der Waals surface area contributed by atoms with Crippen LogP contribution in [0.25, 0.3) is 0 Å². The molecule has 0 saturated carbocycles. The fourth-order valence-corrected chi connectivity index (χ4v) is 3.02. The second-order valence-electron chi connectivity index (χ2n) is 5.02. The molecule has 0 fully saturated rings. The predicted octanol–water partition coefficient (Wildman–Crippen LogP) is 2.49. The molecule has 25 heavy (non-hydrogen) atoms. The topological polar surface area (TPSA) is 106 Å². The van der Waals surface area contributed by atoms with E-state index < -0.39 is 10.0 Å². The first kappa shape index (κ1) is 16.8. The average molecular weight is 360 g/mol. The number of hydrogen-bond donors (Lipinski definition) is 2.